The molecular formula is C14H18N4OS2. The lowest BCUT2D eigenvalue weighted by atomic mass is 10.2. The molecule has 0 radical (unpaired) electrons. The van der Waals surface area contributed by atoms with E-state index in [9.17, 15) is 4.79 Å². The molecule has 0 fully saturated rings. The van der Waals surface area contributed by atoms with E-state index in [1.54, 1.807) is 11.8 Å². The fourth-order valence-corrected chi connectivity index (χ4v) is 3.18. The van der Waals surface area contributed by atoms with E-state index in [2.05, 4.69) is 15.5 Å². The van der Waals surface area contributed by atoms with E-state index in [4.69, 9.17) is 5.73 Å². The van der Waals surface area contributed by atoms with E-state index >= 15 is 0 Å². The lowest BCUT2D eigenvalue weighted by Crippen LogP contribution is -2.32. The molecule has 3 N–H and O–H groups in total. The third kappa shape index (κ3) is 5.02. The second-order valence-electron chi connectivity index (χ2n) is 4.65. The standard InChI is InChI=1S/C14H18N4OS2/c1-9-3-5-11(6-4-9)20-10(2)13(19)16-8-7-12-17-18-14(15)21-12/h3-6,10H,7-8H2,1-2H3,(H2,15,18)(H,16,19). The molecule has 1 atom stereocenters. The summed E-state index contributed by atoms with van der Waals surface area (Å²) in [4.78, 5) is 13.1. The Hall–Kier alpha value is -1.60. The van der Waals surface area contributed by atoms with Crippen molar-refractivity contribution in [1.29, 1.82) is 0 Å². The highest BCUT2D eigenvalue weighted by Gasteiger charge is 2.14. The predicted molar refractivity (Wildman–Crippen MR) is 87.5 cm³/mol. The summed E-state index contributed by atoms with van der Waals surface area (Å²) in [6.07, 6.45) is 0.655. The number of aromatic nitrogens is 2. The van der Waals surface area contributed by atoms with Gasteiger partial charge in [0.25, 0.3) is 0 Å². The molecule has 1 aromatic heterocycles. The molecule has 0 saturated carbocycles. The number of carbonyl (C=O) groups excluding carboxylic acids is 1. The molecule has 0 spiro atoms. The van der Waals surface area contributed by atoms with Crippen LogP contribution in [0.15, 0.2) is 29.2 Å². The van der Waals surface area contributed by atoms with Crippen LogP contribution in [0.5, 0.6) is 0 Å². The van der Waals surface area contributed by atoms with Gasteiger partial charge in [-0.15, -0.1) is 22.0 Å². The smallest absolute Gasteiger partial charge is 0.233 e. The van der Waals surface area contributed by atoms with Crippen molar-refractivity contribution in [1.82, 2.24) is 15.5 Å². The second-order valence-corrected chi connectivity index (χ2v) is 7.16. The third-order valence-corrected chi connectivity index (χ3v) is 4.75. The van der Waals surface area contributed by atoms with Gasteiger partial charge in [-0.3, -0.25) is 4.79 Å². The Kier molecular flexibility index (Phi) is 5.58. The van der Waals surface area contributed by atoms with Crippen molar-refractivity contribution in [3.63, 3.8) is 0 Å². The maximum atomic E-state index is 12.0. The van der Waals surface area contributed by atoms with Crippen molar-refractivity contribution in [2.75, 3.05) is 12.3 Å². The van der Waals surface area contributed by atoms with Gasteiger partial charge in [0.15, 0.2) is 0 Å². The molecule has 0 bridgehead atoms. The van der Waals surface area contributed by atoms with Gasteiger partial charge in [0.1, 0.15) is 5.01 Å². The number of amides is 1. The van der Waals surface area contributed by atoms with E-state index in [1.807, 2.05) is 38.1 Å². The second kappa shape index (κ2) is 7.42. The molecule has 0 aliphatic carbocycles. The molecule has 2 aromatic rings. The number of thioether (sulfide) groups is 1. The van der Waals surface area contributed by atoms with Crippen LogP contribution in [0.25, 0.3) is 0 Å². The lowest BCUT2D eigenvalue weighted by Gasteiger charge is -2.11. The first-order chi connectivity index (χ1) is 10.0. The summed E-state index contributed by atoms with van der Waals surface area (Å²) >= 11 is 2.90. The normalized spacial score (nSPS) is 12.1. The molecule has 5 nitrogen and oxygen atoms in total. The Bertz CT molecular complexity index is 597. The largest absolute Gasteiger partial charge is 0.374 e. The molecule has 0 saturated heterocycles. The van der Waals surface area contributed by atoms with Gasteiger partial charge < -0.3 is 11.1 Å². The molecule has 0 aliphatic heterocycles. The number of rotatable bonds is 6. The van der Waals surface area contributed by atoms with Crippen LogP contribution in [-0.2, 0) is 11.2 Å². The van der Waals surface area contributed by atoms with Crippen LogP contribution in [0.3, 0.4) is 0 Å². The first kappa shape index (κ1) is 15.8. The molecule has 21 heavy (non-hydrogen) atoms. The molecule has 0 aliphatic rings. The summed E-state index contributed by atoms with van der Waals surface area (Å²) in [5, 5.41) is 11.7. The van der Waals surface area contributed by atoms with Crippen LogP contribution in [0.2, 0.25) is 0 Å². The van der Waals surface area contributed by atoms with Crippen molar-refractivity contribution in [2.45, 2.75) is 30.4 Å². The Balaban J connectivity index is 1.75. The average Bonchev–Trinajstić information content (AvgIpc) is 2.87. The van der Waals surface area contributed by atoms with Gasteiger partial charge in [0, 0.05) is 17.9 Å². The van der Waals surface area contributed by atoms with Crippen molar-refractivity contribution >= 4 is 34.1 Å². The van der Waals surface area contributed by atoms with Crippen LogP contribution in [0.1, 0.15) is 17.5 Å². The summed E-state index contributed by atoms with van der Waals surface area (Å²) in [5.41, 5.74) is 6.72. The molecule has 1 amide bonds. The molecule has 7 heteroatoms. The van der Waals surface area contributed by atoms with Gasteiger partial charge in [-0.2, -0.15) is 0 Å². The van der Waals surface area contributed by atoms with Crippen molar-refractivity contribution in [3.05, 3.63) is 34.8 Å². The number of aryl methyl sites for hydroxylation is 1. The first-order valence-corrected chi connectivity index (χ1v) is 8.33. The zero-order valence-corrected chi connectivity index (χ0v) is 13.6. The number of nitrogens with zero attached hydrogens (tertiary/aromatic N) is 2. The van der Waals surface area contributed by atoms with Crippen LogP contribution in [0, 0.1) is 6.92 Å². The van der Waals surface area contributed by atoms with Gasteiger partial charge in [0.05, 0.1) is 5.25 Å². The highest BCUT2D eigenvalue weighted by atomic mass is 32.2. The number of nitrogen functional groups attached to an aromatic ring is 1. The molecule has 1 aromatic carbocycles. The van der Waals surface area contributed by atoms with E-state index in [1.165, 1.54) is 16.9 Å². The number of hydrogen-bond acceptors (Lipinski definition) is 6. The summed E-state index contributed by atoms with van der Waals surface area (Å²) in [7, 11) is 0. The summed E-state index contributed by atoms with van der Waals surface area (Å²) in [6.45, 7) is 4.50. The van der Waals surface area contributed by atoms with Crippen molar-refractivity contribution in [2.24, 2.45) is 0 Å². The van der Waals surface area contributed by atoms with E-state index in [-0.39, 0.29) is 11.2 Å². The summed E-state index contributed by atoms with van der Waals surface area (Å²) in [6, 6.07) is 8.17. The number of carbonyl (C=O) groups is 1. The summed E-state index contributed by atoms with van der Waals surface area (Å²) in [5.74, 6) is 0.0260. The van der Waals surface area contributed by atoms with E-state index in [0.29, 0.717) is 18.1 Å². The highest BCUT2D eigenvalue weighted by Crippen LogP contribution is 2.23. The maximum absolute atomic E-state index is 12.0. The monoisotopic (exact) mass is 322 g/mol. The van der Waals surface area contributed by atoms with Crippen LogP contribution in [-0.4, -0.2) is 27.9 Å². The van der Waals surface area contributed by atoms with E-state index in [0.717, 1.165) is 9.90 Å². The first-order valence-electron chi connectivity index (χ1n) is 6.63. The number of nitrogens with one attached hydrogen (secondary N) is 1. The zero-order valence-electron chi connectivity index (χ0n) is 12.0. The molecule has 1 unspecified atom stereocenters. The third-order valence-electron chi connectivity index (χ3n) is 2.82. The Morgan fingerprint density at radius 1 is 1.38 bits per heavy atom. The van der Waals surface area contributed by atoms with E-state index < -0.39 is 0 Å². The quantitative estimate of drug-likeness (QED) is 0.797. The Morgan fingerprint density at radius 3 is 2.71 bits per heavy atom. The topological polar surface area (TPSA) is 80.9 Å². The molecule has 112 valence electrons. The molecular weight excluding hydrogens is 304 g/mol. The SMILES string of the molecule is Cc1ccc(SC(C)C(=O)NCCc2nnc(N)s2)cc1. The average molecular weight is 322 g/mol. The van der Waals surface area contributed by atoms with Gasteiger partial charge in [0.2, 0.25) is 11.0 Å². The molecule has 1 heterocycles. The minimum atomic E-state index is -0.132. The fraction of sp³-hybridized carbons (Fsp3) is 0.357. The Morgan fingerprint density at radius 2 is 2.10 bits per heavy atom. The van der Waals surface area contributed by atoms with Gasteiger partial charge in [-0.25, -0.2) is 0 Å². The lowest BCUT2D eigenvalue weighted by molar-refractivity contribution is -0.120. The maximum Gasteiger partial charge on any atom is 0.233 e. The number of hydrogen-bond donors (Lipinski definition) is 2. The number of benzene rings is 1. The number of anilines is 1. The zero-order chi connectivity index (χ0) is 15.2. The summed E-state index contributed by atoms with van der Waals surface area (Å²) < 4.78 is 0. The predicted octanol–water partition coefficient (Wildman–Crippen LogP) is 2.27. The van der Waals surface area contributed by atoms with Gasteiger partial charge in [-0.1, -0.05) is 29.0 Å². The van der Waals surface area contributed by atoms with Crippen LogP contribution < -0.4 is 11.1 Å². The molecule has 2 rings (SSSR count). The van der Waals surface area contributed by atoms with Gasteiger partial charge in [-0.05, 0) is 26.0 Å². The van der Waals surface area contributed by atoms with Crippen molar-refractivity contribution in [3.8, 4) is 0 Å². The van der Waals surface area contributed by atoms with Gasteiger partial charge >= 0.3 is 0 Å². The van der Waals surface area contributed by atoms with Crippen LogP contribution in [0.4, 0.5) is 5.13 Å². The van der Waals surface area contributed by atoms with Crippen molar-refractivity contribution < 1.29 is 4.79 Å². The minimum Gasteiger partial charge on any atom is -0.374 e. The Labute approximate surface area is 132 Å². The number of nitrogens with two attached hydrogens (primary N) is 1. The minimum absolute atomic E-state index is 0.0260. The highest BCUT2D eigenvalue weighted by molar-refractivity contribution is 8.00. The van der Waals surface area contributed by atoms with Crippen LogP contribution >= 0.6 is 23.1 Å². The fourth-order valence-electron chi connectivity index (χ4n) is 1.68.